The molecule has 0 spiro atoms. The molecular weight excluding hydrogens is 373 g/mol. The summed E-state index contributed by atoms with van der Waals surface area (Å²) in [6.45, 7) is 0. The molecule has 0 aliphatic heterocycles. The maximum Gasteiger partial charge on any atom is 0.416 e. The van der Waals surface area contributed by atoms with Gasteiger partial charge in [0.2, 0.25) is 0 Å². The molecule has 0 aliphatic rings. The van der Waals surface area contributed by atoms with Gasteiger partial charge in [-0.3, -0.25) is 9.67 Å². The SMILES string of the molecule is Cn1cc(Nc2nnc(-c3ccc(C(F)(F)F)cc3O)c3ccncc23)cn1. The number of aromatic hydroxyl groups is 1. The van der Waals surface area contributed by atoms with E-state index < -0.39 is 17.5 Å². The molecule has 0 fully saturated rings. The van der Waals surface area contributed by atoms with Crippen LogP contribution in [0.1, 0.15) is 5.56 Å². The second kappa shape index (κ2) is 6.48. The quantitative estimate of drug-likeness (QED) is 0.555. The highest BCUT2D eigenvalue weighted by atomic mass is 19.4. The largest absolute Gasteiger partial charge is 0.507 e. The van der Waals surface area contributed by atoms with Gasteiger partial charge in [-0.1, -0.05) is 0 Å². The van der Waals surface area contributed by atoms with Crippen LogP contribution in [0.25, 0.3) is 22.0 Å². The summed E-state index contributed by atoms with van der Waals surface area (Å²) >= 11 is 0. The summed E-state index contributed by atoms with van der Waals surface area (Å²) in [5, 5.41) is 26.7. The number of anilines is 2. The van der Waals surface area contributed by atoms with Crippen LogP contribution in [-0.2, 0) is 13.2 Å². The fourth-order valence-electron chi connectivity index (χ4n) is 2.82. The Morgan fingerprint density at radius 3 is 2.57 bits per heavy atom. The van der Waals surface area contributed by atoms with Gasteiger partial charge in [-0.25, -0.2) is 0 Å². The van der Waals surface area contributed by atoms with E-state index in [1.54, 1.807) is 36.4 Å². The van der Waals surface area contributed by atoms with Crippen molar-refractivity contribution in [2.24, 2.45) is 7.05 Å². The number of phenolic OH excluding ortho intramolecular Hbond substituents is 1. The van der Waals surface area contributed by atoms with Gasteiger partial charge in [-0.2, -0.15) is 18.3 Å². The Hall–Kier alpha value is -3.69. The van der Waals surface area contributed by atoms with E-state index in [-0.39, 0.29) is 11.3 Å². The van der Waals surface area contributed by atoms with Gasteiger partial charge in [0.05, 0.1) is 17.4 Å². The fraction of sp³-hybridized carbons (Fsp3) is 0.111. The first-order chi connectivity index (χ1) is 13.3. The number of fused-ring (bicyclic) bond motifs is 1. The van der Waals surface area contributed by atoms with E-state index in [1.165, 1.54) is 12.3 Å². The molecule has 1 aromatic carbocycles. The van der Waals surface area contributed by atoms with Crippen molar-refractivity contribution in [3.8, 4) is 17.0 Å². The molecule has 0 saturated carbocycles. The van der Waals surface area contributed by atoms with E-state index in [2.05, 4.69) is 25.6 Å². The van der Waals surface area contributed by atoms with Gasteiger partial charge >= 0.3 is 6.18 Å². The Labute approximate surface area is 156 Å². The normalized spacial score (nSPS) is 11.7. The van der Waals surface area contributed by atoms with E-state index in [4.69, 9.17) is 0 Å². The van der Waals surface area contributed by atoms with Crippen LogP contribution in [0.4, 0.5) is 24.7 Å². The zero-order valence-electron chi connectivity index (χ0n) is 14.4. The summed E-state index contributed by atoms with van der Waals surface area (Å²) in [5.41, 5.74) is 0.139. The summed E-state index contributed by atoms with van der Waals surface area (Å²) in [6.07, 6.45) is 1.90. The molecule has 4 aromatic rings. The van der Waals surface area contributed by atoms with Gasteiger partial charge in [0.25, 0.3) is 0 Å². The van der Waals surface area contributed by atoms with Crippen molar-refractivity contribution in [2.45, 2.75) is 6.18 Å². The number of nitrogens with zero attached hydrogens (tertiary/aromatic N) is 5. The molecule has 2 N–H and O–H groups in total. The first kappa shape index (κ1) is 17.7. The van der Waals surface area contributed by atoms with Crippen LogP contribution < -0.4 is 5.32 Å². The number of pyridine rings is 1. The molecule has 0 bridgehead atoms. The van der Waals surface area contributed by atoms with E-state index in [9.17, 15) is 18.3 Å². The van der Waals surface area contributed by atoms with Crippen LogP contribution in [0.5, 0.6) is 5.75 Å². The molecular formula is C18H13F3N6O. The Kier molecular flexibility index (Phi) is 4.10. The Morgan fingerprint density at radius 2 is 1.89 bits per heavy atom. The van der Waals surface area contributed by atoms with Crippen molar-refractivity contribution in [3.63, 3.8) is 0 Å². The average molecular weight is 386 g/mol. The van der Waals surface area contributed by atoms with E-state index in [0.717, 1.165) is 6.07 Å². The molecule has 10 heteroatoms. The molecule has 3 heterocycles. The minimum absolute atomic E-state index is 0.143. The summed E-state index contributed by atoms with van der Waals surface area (Å²) in [6, 6.07) is 4.40. The zero-order chi connectivity index (χ0) is 19.9. The number of hydrogen-bond donors (Lipinski definition) is 2. The second-order valence-corrected chi connectivity index (χ2v) is 6.08. The summed E-state index contributed by atoms with van der Waals surface area (Å²) in [4.78, 5) is 4.08. The fourth-order valence-corrected chi connectivity index (χ4v) is 2.82. The predicted molar refractivity (Wildman–Crippen MR) is 95.9 cm³/mol. The van der Waals surface area contributed by atoms with Crippen LogP contribution >= 0.6 is 0 Å². The predicted octanol–water partition coefficient (Wildman–Crippen LogP) is 3.89. The third kappa shape index (κ3) is 3.20. The van der Waals surface area contributed by atoms with Crippen molar-refractivity contribution >= 4 is 22.3 Å². The third-order valence-corrected chi connectivity index (χ3v) is 4.13. The van der Waals surface area contributed by atoms with Gasteiger partial charge < -0.3 is 10.4 Å². The standard InChI is InChI=1S/C18H13F3N6O/c1-27-9-11(7-23-27)24-17-14-8-22-5-4-12(14)16(25-26-17)13-3-2-10(6-15(13)28)18(19,20)21/h2-9,28H,1H3,(H,24,26). The third-order valence-electron chi connectivity index (χ3n) is 4.13. The number of rotatable bonds is 3. The minimum atomic E-state index is -4.55. The number of hydrogen-bond acceptors (Lipinski definition) is 6. The molecule has 142 valence electrons. The summed E-state index contributed by atoms with van der Waals surface area (Å²) < 4.78 is 40.2. The first-order valence-corrected chi connectivity index (χ1v) is 8.09. The Bertz CT molecular complexity index is 1170. The molecule has 0 radical (unpaired) electrons. The van der Waals surface area contributed by atoms with Crippen LogP contribution in [0, 0.1) is 0 Å². The highest BCUT2D eigenvalue weighted by Crippen LogP contribution is 2.38. The van der Waals surface area contributed by atoms with Gasteiger partial charge in [0.15, 0.2) is 5.82 Å². The maximum absolute atomic E-state index is 12.9. The molecule has 0 unspecified atom stereocenters. The number of benzene rings is 1. The van der Waals surface area contributed by atoms with Crippen molar-refractivity contribution in [2.75, 3.05) is 5.32 Å². The Balaban J connectivity index is 1.82. The van der Waals surface area contributed by atoms with Crippen LogP contribution in [0.15, 0.2) is 49.1 Å². The van der Waals surface area contributed by atoms with Crippen LogP contribution in [-0.4, -0.2) is 30.1 Å². The Morgan fingerprint density at radius 1 is 1.07 bits per heavy atom. The number of aromatic nitrogens is 5. The van der Waals surface area contributed by atoms with E-state index >= 15 is 0 Å². The lowest BCUT2D eigenvalue weighted by Crippen LogP contribution is -2.05. The lowest BCUT2D eigenvalue weighted by molar-refractivity contribution is -0.137. The monoisotopic (exact) mass is 386 g/mol. The molecule has 0 atom stereocenters. The van der Waals surface area contributed by atoms with Crippen LogP contribution in [0.2, 0.25) is 0 Å². The van der Waals surface area contributed by atoms with Crippen LogP contribution in [0.3, 0.4) is 0 Å². The van der Waals surface area contributed by atoms with Gasteiger partial charge in [0.1, 0.15) is 11.4 Å². The topological polar surface area (TPSA) is 88.8 Å². The lowest BCUT2D eigenvalue weighted by Gasteiger charge is -2.12. The summed E-state index contributed by atoms with van der Waals surface area (Å²) in [7, 11) is 1.77. The zero-order valence-corrected chi connectivity index (χ0v) is 14.4. The first-order valence-electron chi connectivity index (χ1n) is 8.09. The number of halogens is 3. The van der Waals surface area contributed by atoms with E-state index in [0.29, 0.717) is 28.3 Å². The van der Waals surface area contributed by atoms with Gasteiger partial charge in [-0.15, -0.1) is 10.2 Å². The molecule has 28 heavy (non-hydrogen) atoms. The molecule has 7 nitrogen and oxygen atoms in total. The second-order valence-electron chi connectivity index (χ2n) is 6.08. The highest BCUT2D eigenvalue weighted by molar-refractivity contribution is 6.01. The number of aryl methyl sites for hydroxylation is 1. The maximum atomic E-state index is 12.9. The van der Waals surface area contributed by atoms with Crippen molar-refractivity contribution in [1.82, 2.24) is 25.0 Å². The summed E-state index contributed by atoms with van der Waals surface area (Å²) in [5.74, 6) is -0.124. The molecule has 4 rings (SSSR count). The molecule has 0 amide bonds. The highest BCUT2D eigenvalue weighted by Gasteiger charge is 2.31. The lowest BCUT2D eigenvalue weighted by atomic mass is 10.0. The van der Waals surface area contributed by atoms with Gasteiger partial charge in [0, 0.05) is 42.0 Å². The van der Waals surface area contributed by atoms with Gasteiger partial charge in [-0.05, 0) is 24.3 Å². The molecule has 0 aliphatic carbocycles. The number of alkyl halides is 3. The average Bonchev–Trinajstić information content (AvgIpc) is 3.06. The van der Waals surface area contributed by atoms with Crippen molar-refractivity contribution < 1.29 is 18.3 Å². The van der Waals surface area contributed by atoms with Crippen molar-refractivity contribution in [1.29, 1.82) is 0 Å². The molecule has 0 saturated heterocycles. The number of nitrogens with one attached hydrogen (secondary N) is 1. The van der Waals surface area contributed by atoms with E-state index in [1.807, 2.05) is 0 Å². The van der Waals surface area contributed by atoms with Crippen molar-refractivity contribution in [3.05, 3.63) is 54.6 Å². The smallest absolute Gasteiger partial charge is 0.416 e. The number of phenols is 1. The minimum Gasteiger partial charge on any atom is -0.507 e. The molecule has 3 aromatic heterocycles.